The van der Waals surface area contributed by atoms with Crippen LogP contribution in [0, 0.1) is 17.8 Å². The van der Waals surface area contributed by atoms with Gasteiger partial charge in [-0.3, -0.25) is 9.59 Å². The fourth-order valence-corrected chi connectivity index (χ4v) is 4.42. The minimum atomic E-state index is 0.0777. The van der Waals surface area contributed by atoms with Gasteiger partial charge in [0.05, 0.1) is 13.2 Å². The molecule has 1 saturated carbocycles. The first-order valence-corrected chi connectivity index (χ1v) is 9.29. The minimum absolute atomic E-state index is 0.0777. The predicted octanol–water partition coefficient (Wildman–Crippen LogP) is 0.276. The zero-order valence-corrected chi connectivity index (χ0v) is 15.0. The highest BCUT2D eigenvalue weighted by molar-refractivity contribution is 5.82. The third-order valence-corrected chi connectivity index (χ3v) is 5.96. The zero-order chi connectivity index (χ0) is 17.6. The van der Waals surface area contributed by atoms with Gasteiger partial charge in [0, 0.05) is 36.8 Å². The molecule has 1 aromatic rings. The van der Waals surface area contributed by atoms with Gasteiger partial charge in [0.15, 0.2) is 0 Å². The standard InChI is InChI=1S/C19H27N3O3/c1-21(2)7-8-22-16-5-4-13(9-12(16)3-6-17(22)23)20-19(24)18-14-10-25-11-15(14)18/h3,6,13-15,18H,4-5,7-11H2,1-2H3,(H,20,24)/t13?,14-,15+,18?. The van der Waals surface area contributed by atoms with Crippen LogP contribution < -0.4 is 10.9 Å². The van der Waals surface area contributed by atoms with E-state index in [-0.39, 0.29) is 23.4 Å². The second-order valence-corrected chi connectivity index (χ2v) is 7.94. The van der Waals surface area contributed by atoms with Gasteiger partial charge in [-0.25, -0.2) is 0 Å². The molecule has 1 aliphatic heterocycles. The number of pyridine rings is 1. The van der Waals surface area contributed by atoms with Crippen molar-refractivity contribution in [2.24, 2.45) is 17.8 Å². The van der Waals surface area contributed by atoms with Gasteiger partial charge in [0.2, 0.25) is 5.91 Å². The van der Waals surface area contributed by atoms with E-state index >= 15 is 0 Å². The molecule has 2 unspecified atom stereocenters. The molecule has 6 heteroatoms. The Hall–Kier alpha value is -1.66. The number of hydrogen-bond acceptors (Lipinski definition) is 4. The molecule has 136 valence electrons. The average molecular weight is 345 g/mol. The van der Waals surface area contributed by atoms with E-state index in [2.05, 4.69) is 10.2 Å². The van der Waals surface area contributed by atoms with E-state index in [0.717, 1.165) is 51.3 Å². The Kier molecular flexibility index (Phi) is 4.41. The van der Waals surface area contributed by atoms with Gasteiger partial charge in [0.25, 0.3) is 5.56 Å². The summed E-state index contributed by atoms with van der Waals surface area (Å²) < 4.78 is 7.28. The maximum Gasteiger partial charge on any atom is 0.250 e. The third kappa shape index (κ3) is 3.25. The molecule has 2 heterocycles. The molecule has 0 bridgehead atoms. The fourth-order valence-electron chi connectivity index (χ4n) is 4.42. The summed E-state index contributed by atoms with van der Waals surface area (Å²) in [6.45, 7) is 3.06. The summed E-state index contributed by atoms with van der Waals surface area (Å²) in [6.07, 6.45) is 2.58. The molecule has 2 fully saturated rings. The van der Waals surface area contributed by atoms with E-state index in [1.54, 1.807) is 6.07 Å². The monoisotopic (exact) mass is 345 g/mol. The largest absolute Gasteiger partial charge is 0.381 e. The second-order valence-electron chi connectivity index (χ2n) is 7.94. The van der Waals surface area contributed by atoms with E-state index in [1.165, 1.54) is 5.56 Å². The number of likely N-dealkylation sites (N-methyl/N-ethyl adjacent to an activating group) is 1. The molecule has 6 nitrogen and oxygen atoms in total. The van der Waals surface area contributed by atoms with Crippen molar-refractivity contribution in [3.63, 3.8) is 0 Å². The molecule has 1 N–H and O–H groups in total. The molecule has 1 aromatic heterocycles. The number of fused-ring (bicyclic) bond motifs is 2. The van der Waals surface area contributed by atoms with E-state index in [1.807, 2.05) is 24.7 Å². The lowest BCUT2D eigenvalue weighted by atomic mass is 9.91. The van der Waals surface area contributed by atoms with Crippen molar-refractivity contribution in [3.05, 3.63) is 33.7 Å². The number of hydrogen-bond donors (Lipinski definition) is 1. The quantitative estimate of drug-likeness (QED) is 0.832. The maximum atomic E-state index is 12.5. The topological polar surface area (TPSA) is 63.6 Å². The van der Waals surface area contributed by atoms with E-state index in [0.29, 0.717) is 11.8 Å². The first-order valence-electron chi connectivity index (χ1n) is 9.29. The van der Waals surface area contributed by atoms with Gasteiger partial charge in [-0.2, -0.15) is 0 Å². The summed E-state index contributed by atoms with van der Waals surface area (Å²) in [7, 11) is 4.04. The van der Waals surface area contributed by atoms with Crippen LogP contribution in [0.1, 0.15) is 17.7 Å². The SMILES string of the molecule is CN(C)CCn1c2c(ccc1=O)CC(NC(=O)C1[C@H]3COC[C@@H]13)CC2. The van der Waals surface area contributed by atoms with Crippen molar-refractivity contribution in [1.82, 2.24) is 14.8 Å². The molecule has 1 amide bonds. The molecule has 1 saturated heterocycles. The molecule has 2 aliphatic carbocycles. The van der Waals surface area contributed by atoms with Crippen molar-refractivity contribution >= 4 is 5.91 Å². The number of nitrogens with zero attached hydrogens (tertiary/aromatic N) is 2. The van der Waals surface area contributed by atoms with Crippen LogP contribution in [-0.2, 0) is 28.9 Å². The van der Waals surface area contributed by atoms with Gasteiger partial charge < -0.3 is 19.5 Å². The highest BCUT2D eigenvalue weighted by atomic mass is 16.5. The molecule has 25 heavy (non-hydrogen) atoms. The number of amides is 1. The number of aromatic nitrogens is 1. The summed E-state index contributed by atoms with van der Waals surface area (Å²) in [6, 6.07) is 3.80. The van der Waals surface area contributed by atoms with Gasteiger partial charge >= 0.3 is 0 Å². The van der Waals surface area contributed by atoms with Crippen LogP contribution in [0.25, 0.3) is 0 Å². The summed E-state index contributed by atoms with van der Waals surface area (Å²) in [5.41, 5.74) is 2.43. The van der Waals surface area contributed by atoms with Crippen molar-refractivity contribution in [1.29, 1.82) is 0 Å². The molecule has 4 atom stereocenters. The van der Waals surface area contributed by atoms with Crippen LogP contribution in [0.15, 0.2) is 16.9 Å². The van der Waals surface area contributed by atoms with Gasteiger partial charge in [0.1, 0.15) is 0 Å². The van der Waals surface area contributed by atoms with Crippen LogP contribution >= 0.6 is 0 Å². The molecule has 0 radical (unpaired) electrons. The molecular weight excluding hydrogens is 318 g/mol. The number of nitrogens with one attached hydrogen (secondary N) is 1. The Morgan fingerprint density at radius 3 is 2.80 bits per heavy atom. The van der Waals surface area contributed by atoms with Crippen molar-refractivity contribution in [3.8, 4) is 0 Å². The van der Waals surface area contributed by atoms with Gasteiger partial charge in [-0.1, -0.05) is 6.07 Å². The fraction of sp³-hybridized carbons (Fsp3) is 0.684. The van der Waals surface area contributed by atoms with Crippen molar-refractivity contribution in [2.45, 2.75) is 31.8 Å². The van der Waals surface area contributed by atoms with E-state index in [9.17, 15) is 9.59 Å². The third-order valence-electron chi connectivity index (χ3n) is 5.96. The lowest BCUT2D eigenvalue weighted by molar-refractivity contribution is -0.124. The Bertz CT molecular complexity index is 717. The van der Waals surface area contributed by atoms with Crippen LogP contribution in [-0.4, -0.2) is 55.3 Å². The Morgan fingerprint density at radius 2 is 2.08 bits per heavy atom. The molecule has 0 spiro atoms. The Morgan fingerprint density at radius 1 is 1.32 bits per heavy atom. The Balaban J connectivity index is 1.42. The predicted molar refractivity (Wildman–Crippen MR) is 94.5 cm³/mol. The molecule has 0 aromatic carbocycles. The molecule has 3 aliphatic rings. The van der Waals surface area contributed by atoms with E-state index < -0.39 is 0 Å². The summed E-state index contributed by atoms with van der Waals surface area (Å²) >= 11 is 0. The highest BCUT2D eigenvalue weighted by Gasteiger charge is 2.58. The first-order chi connectivity index (χ1) is 12.0. The molecule has 4 rings (SSSR count). The Labute approximate surface area is 148 Å². The van der Waals surface area contributed by atoms with Crippen LogP contribution in [0.2, 0.25) is 0 Å². The smallest absolute Gasteiger partial charge is 0.250 e. The normalized spacial score (nSPS) is 30.0. The van der Waals surface area contributed by atoms with Gasteiger partial charge in [-0.15, -0.1) is 0 Å². The van der Waals surface area contributed by atoms with Crippen LogP contribution in [0.5, 0.6) is 0 Å². The number of carbonyl (C=O) groups excluding carboxylic acids is 1. The summed E-state index contributed by atoms with van der Waals surface area (Å²) in [4.78, 5) is 26.8. The van der Waals surface area contributed by atoms with Crippen LogP contribution in [0.4, 0.5) is 0 Å². The lowest BCUT2D eigenvalue weighted by Gasteiger charge is -2.28. The first kappa shape index (κ1) is 16.8. The average Bonchev–Trinajstić information content (AvgIpc) is 3.07. The van der Waals surface area contributed by atoms with Crippen molar-refractivity contribution in [2.75, 3.05) is 33.9 Å². The highest BCUT2D eigenvalue weighted by Crippen LogP contribution is 2.50. The van der Waals surface area contributed by atoms with E-state index in [4.69, 9.17) is 4.74 Å². The maximum absolute atomic E-state index is 12.5. The number of ether oxygens (including phenoxy) is 1. The summed E-state index contributed by atoms with van der Waals surface area (Å²) in [5.74, 6) is 1.27. The van der Waals surface area contributed by atoms with Gasteiger partial charge in [-0.05, 0) is 50.8 Å². The zero-order valence-electron chi connectivity index (χ0n) is 15.0. The summed E-state index contributed by atoms with van der Waals surface area (Å²) in [5, 5.41) is 3.24. The minimum Gasteiger partial charge on any atom is -0.381 e. The number of rotatable bonds is 5. The lowest BCUT2D eigenvalue weighted by Crippen LogP contribution is -2.42. The second kappa shape index (κ2) is 6.57. The van der Waals surface area contributed by atoms with Crippen LogP contribution in [0.3, 0.4) is 0 Å². The molecular formula is C19H27N3O3. The van der Waals surface area contributed by atoms with Crippen molar-refractivity contribution < 1.29 is 9.53 Å². The number of carbonyl (C=O) groups is 1.